The number of rotatable bonds is 6. The molecule has 1 amide bonds. The van der Waals surface area contributed by atoms with E-state index in [0.717, 1.165) is 20.6 Å². The van der Waals surface area contributed by atoms with Crippen molar-refractivity contribution in [2.75, 3.05) is 17.8 Å². The van der Waals surface area contributed by atoms with Crippen molar-refractivity contribution >= 4 is 37.7 Å². The Balaban J connectivity index is 2.18. The Morgan fingerprint density at radius 1 is 1.14 bits per heavy atom. The van der Waals surface area contributed by atoms with Crippen molar-refractivity contribution < 1.29 is 9.53 Å². The number of anilines is 1. The molecule has 0 aliphatic heterocycles. The molecule has 4 nitrogen and oxygen atoms in total. The van der Waals surface area contributed by atoms with Gasteiger partial charge >= 0.3 is 0 Å². The third kappa shape index (κ3) is 6.26. The number of nitrogens with one attached hydrogen (secondary N) is 2. The second-order valence-electron chi connectivity index (χ2n) is 8.36. The molecule has 2 N–H and O–H groups in total. The highest BCUT2D eigenvalue weighted by atomic mass is 79.9. The fraction of sp³-hybridized carbons (Fsp3) is 0.409. The Hall–Kier alpha value is -1.50. The average Bonchev–Trinajstić information content (AvgIpc) is 2.55. The minimum absolute atomic E-state index is 0.0237. The second-order valence-corrected chi connectivity index (χ2v) is 12.5. The van der Waals surface area contributed by atoms with E-state index in [1.807, 2.05) is 43.3 Å². The minimum Gasteiger partial charge on any atom is -0.480 e. The molecule has 6 heteroatoms. The largest absolute Gasteiger partial charge is 0.480 e. The van der Waals surface area contributed by atoms with Gasteiger partial charge in [-0.05, 0) is 92.9 Å². The summed E-state index contributed by atoms with van der Waals surface area (Å²) in [5, 5.41) is 3.05. The van der Waals surface area contributed by atoms with Gasteiger partial charge in [-0.15, -0.1) is 0 Å². The monoisotopic (exact) mass is 466 g/mol. The van der Waals surface area contributed by atoms with Crippen LogP contribution in [0.1, 0.15) is 33.3 Å². The van der Waals surface area contributed by atoms with Gasteiger partial charge in [0.05, 0.1) is 10.2 Å². The van der Waals surface area contributed by atoms with Gasteiger partial charge < -0.3 is 10.1 Å². The van der Waals surface area contributed by atoms with Crippen molar-refractivity contribution in [3.05, 3.63) is 52.5 Å². The molecule has 0 aliphatic carbocycles. The molecule has 0 aliphatic rings. The van der Waals surface area contributed by atoms with Crippen LogP contribution in [0.3, 0.4) is 0 Å². The van der Waals surface area contributed by atoms with Crippen molar-refractivity contribution in [2.24, 2.45) is 0 Å². The highest BCUT2D eigenvalue weighted by Crippen LogP contribution is 2.50. The Kier molecular flexibility index (Phi) is 7.23. The topological polar surface area (TPSA) is 50.4 Å². The fourth-order valence-electron chi connectivity index (χ4n) is 3.02. The summed E-state index contributed by atoms with van der Waals surface area (Å²) in [6.07, 6.45) is 3.78. The molecular formula is C22H31BrN2O2S. The van der Waals surface area contributed by atoms with Crippen LogP contribution in [0.4, 0.5) is 5.69 Å². The molecule has 2 rings (SSSR count). The third-order valence-electron chi connectivity index (χ3n) is 4.02. The number of halogens is 1. The summed E-state index contributed by atoms with van der Waals surface area (Å²) in [5.74, 6) is 0.479. The van der Waals surface area contributed by atoms with Crippen LogP contribution < -0.4 is 14.8 Å². The normalized spacial score (nSPS) is 13.7. The Bertz CT molecular complexity index is 847. The highest BCUT2D eigenvalue weighted by molar-refractivity contribution is 9.10. The molecule has 28 heavy (non-hydrogen) atoms. The van der Waals surface area contributed by atoms with Crippen molar-refractivity contribution in [1.82, 2.24) is 4.72 Å². The van der Waals surface area contributed by atoms with Crippen molar-refractivity contribution in [3.63, 3.8) is 0 Å². The number of benzene rings is 2. The summed E-state index contributed by atoms with van der Waals surface area (Å²) in [5.41, 5.74) is 1.92. The van der Waals surface area contributed by atoms with Gasteiger partial charge in [-0.2, -0.15) is 10.2 Å². The maximum absolute atomic E-state index is 12.8. The fourth-order valence-corrected chi connectivity index (χ4v) is 6.33. The van der Waals surface area contributed by atoms with Gasteiger partial charge in [0.1, 0.15) is 5.75 Å². The molecule has 0 bridgehead atoms. The Morgan fingerprint density at radius 3 is 2.39 bits per heavy atom. The highest BCUT2D eigenvalue weighted by Gasteiger charge is 2.25. The van der Waals surface area contributed by atoms with E-state index >= 15 is 0 Å². The summed E-state index contributed by atoms with van der Waals surface area (Å²) in [6, 6.07) is 13.8. The van der Waals surface area contributed by atoms with Gasteiger partial charge in [0, 0.05) is 10.4 Å². The van der Waals surface area contributed by atoms with Gasteiger partial charge in [-0.25, -0.2) is 0 Å². The number of carbonyl (C=O) groups excluding carboxylic acids is 1. The molecular weight excluding hydrogens is 436 g/mol. The molecule has 2 aromatic rings. The van der Waals surface area contributed by atoms with Gasteiger partial charge in [0.25, 0.3) is 5.91 Å². The van der Waals surface area contributed by atoms with E-state index in [1.165, 1.54) is 0 Å². The van der Waals surface area contributed by atoms with E-state index in [1.54, 1.807) is 6.92 Å². The van der Waals surface area contributed by atoms with E-state index in [0.29, 0.717) is 5.75 Å². The molecule has 0 saturated heterocycles. The molecule has 2 aromatic carbocycles. The van der Waals surface area contributed by atoms with Crippen LogP contribution in [0.5, 0.6) is 5.75 Å². The zero-order valence-corrected chi connectivity index (χ0v) is 20.1. The number of para-hydroxylation sites is 1. The van der Waals surface area contributed by atoms with Crippen LogP contribution in [0.2, 0.25) is 0 Å². The maximum Gasteiger partial charge on any atom is 0.265 e. The average molecular weight is 467 g/mol. The minimum atomic E-state index is -1.30. The number of hydrogen-bond acceptors (Lipinski definition) is 3. The van der Waals surface area contributed by atoms with E-state index in [-0.39, 0.29) is 11.4 Å². The standard InChI is InChI=1S/C22H31BrN2O2S/c1-15-12-13-19(17(23)14-15)27-16(2)21(26)24-18-10-8-9-11-20(18)28(6,7)25-22(3,4)5/h8-14,16,25H,1-7H3,(H,24,26). The van der Waals surface area contributed by atoms with Gasteiger partial charge in [0.15, 0.2) is 6.10 Å². The lowest BCUT2D eigenvalue weighted by molar-refractivity contribution is -0.122. The van der Waals surface area contributed by atoms with E-state index < -0.39 is 16.3 Å². The first-order valence-corrected chi connectivity index (χ1v) is 12.5. The lowest BCUT2D eigenvalue weighted by Gasteiger charge is -2.40. The van der Waals surface area contributed by atoms with E-state index in [2.05, 4.69) is 65.3 Å². The molecule has 1 unspecified atom stereocenters. The lowest BCUT2D eigenvalue weighted by atomic mass is 10.1. The number of ether oxygens (including phenoxy) is 1. The predicted molar refractivity (Wildman–Crippen MR) is 125 cm³/mol. The van der Waals surface area contributed by atoms with Crippen LogP contribution in [-0.2, 0) is 4.79 Å². The molecule has 1 atom stereocenters. The zero-order chi connectivity index (χ0) is 21.1. The quantitative estimate of drug-likeness (QED) is 0.557. The van der Waals surface area contributed by atoms with Crippen molar-refractivity contribution in [1.29, 1.82) is 0 Å². The number of carbonyl (C=O) groups is 1. The van der Waals surface area contributed by atoms with Gasteiger partial charge in [0.2, 0.25) is 0 Å². The Labute approximate surface area is 179 Å². The Morgan fingerprint density at radius 2 is 1.79 bits per heavy atom. The number of hydrogen-bond donors (Lipinski definition) is 2. The SMILES string of the molecule is Cc1ccc(OC(C)C(=O)Nc2ccccc2S(C)(C)NC(C)(C)C)c(Br)c1. The predicted octanol–water partition coefficient (Wildman–Crippen LogP) is 5.89. The number of amides is 1. The molecule has 0 saturated carbocycles. The maximum atomic E-state index is 12.8. The number of aryl methyl sites for hydroxylation is 1. The summed E-state index contributed by atoms with van der Waals surface area (Å²) in [7, 11) is -1.30. The third-order valence-corrected chi connectivity index (χ3v) is 7.21. The van der Waals surface area contributed by atoms with Crippen LogP contribution >= 0.6 is 26.1 Å². The second kappa shape index (κ2) is 8.89. The van der Waals surface area contributed by atoms with Crippen LogP contribution in [0.25, 0.3) is 0 Å². The van der Waals surface area contributed by atoms with Crippen molar-refractivity contribution in [2.45, 2.75) is 51.2 Å². The first kappa shape index (κ1) is 22.8. The first-order valence-electron chi connectivity index (χ1n) is 9.24. The summed E-state index contributed by atoms with van der Waals surface area (Å²) in [6.45, 7) is 10.2. The molecule has 0 spiro atoms. The van der Waals surface area contributed by atoms with Crippen LogP contribution in [0.15, 0.2) is 51.8 Å². The summed E-state index contributed by atoms with van der Waals surface area (Å²) in [4.78, 5) is 13.9. The van der Waals surface area contributed by atoms with E-state index in [4.69, 9.17) is 4.74 Å². The smallest absolute Gasteiger partial charge is 0.265 e. The zero-order valence-electron chi connectivity index (χ0n) is 17.7. The van der Waals surface area contributed by atoms with Gasteiger partial charge in [-0.1, -0.05) is 18.2 Å². The lowest BCUT2D eigenvalue weighted by Crippen LogP contribution is -2.38. The summed E-state index contributed by atoms with van der Waals surface area (Å²) >= 11 is 3.50. The molecule has 0 aromatic heterocycles. The van der Waals surface area contributed by atoms with Crippen LogP contribution in [-0.4, -0.2) is 30.1 Å². The molecule has 0 radical (unpaired) electrons. The first-order chi connectivity index (χ1) is 12.9. The van der Waals surface area contributed by atoms with Gasteiger partial charge in [-0.3, -0.25) is 9.52 Å². The molecule has 0 fully saturated rings. The van der Waals surface area contributed by atoms with Crippen LogP contribution in [0, 0.1) is 6.92 Å². The van der Waals surface area contributed by atoms with E-state index in [9.17, 15) is 4.79 Å². The molecule has 154 valence electrons. The molecule has 0 heterocycles. The summed E-state index contributed by atoms with van der Waals surface area (Å²) < 4.78 is 10.4. The van der Waals surface area contributed by atoms with Crippen molar-refractivity contribution in [3.8, 4) is 5.75 Å².